The van der Waals surface area contributed by atoms with Gasteiger partial charge in [-0.2, -0.15) is 0 Å². The van der Waals surface area contributed by atoms with Gasteiger partial charge in [-0.05, 0) is 55.7 Å². The number of nitrogens with zero attached hydrogens (tertiary/aromatic N) is 2. The van der Waals surface area contributed by atoms with E-state index < -0.39 is 0 Å². The summed E-state index contributed by atoms with van der Waals surface area (Å²) >= 11 is 0. The molecule has 0 saturated heterocycles. The van der Waals surface area contributed by atoms with Gasteiger partial charge in [0.15, 0.2) is 11.5 Å². The molecule has 0 spiro atoms. The van der Waals surface area contributed by atoms with Gasteiger partial charge in [-0.3, -0.25) is 14.6 Å². The Kier molecular flexibility index (Phi) is 9.82. The van der Waals surface area contributed by atoms with Crippen molar-refractivity contribution in [3.63, 3.8) is 0 Å². The van der Waals surface area contributed by atoms with E-state index in [2.05, 4.69) is 60.3 Å². The third kappa shape index (κ3) is 5.74. The molecule has 1 aliphatic rings. The molecule has 0 fully saturated rings. The van der Waals surface area contributed by atoms with Gasteiger partial charge in [-0.1, -0.05) is 44.2 Å². The van der Waals surface area contributed by atoms with Crippen molar-refractivity contribution < 1.29 is 14.3 Å². The molecule has 1 N–H and O–H groups in total. The van der Waals surface area contributed by atoms with Gasteiger partial charge in [-0.25, -0.2) is 0 Å². The SMILES string of the molecule is CCN(CC)CC(=O)Nc1c(CC2c3ccccc3CCN2C)ccc(OC)c1OC.Cl. The summed E-state index contributed by atoms with van der Waals surface area (Å²) in [6.45, 7) is 7.14. The molecule has 176 valence electrons. The van der Waals surface area contributed by atoms with Gasteiger partial charge in [-0.15, -0.1) is 12.4 Å². The lowest BCUT2D eigenvalue weighted by Gasteiger charge is -2.35. The van der Waals surface area contributed by atoms with Gasteiger partial charge in [0.1, 0.15) is 0 Å². The van der Waals surface area contributed by atoms with E-state index in [1.807, 2.05) is 12.1 Å². The fourth-order valence-corrected chi connectivity index (χ4v) is 4.36. The maximum absolute atomic E-state index is 12.9. The molecule has 1 unspecified atom stereocenters. The van der Waals surface area contributed by atoms with E-state index in [9.17, 15) is 4.79 Å². The highest BCUT2D eigenvalue weighted by Gasteiger charge is 2.27. The van der Waals surface area contributed by atoms with E-state index in [0.717, 1.165) is 38.0 Å². The van der Waals surface area contributed by atoms with Crippen LogP contribution in [0.2, 0.25) is 0 Å². The molecule has 1 aliphatic heterocycles. The second-order valence-electron chi connectivity index (χ2n) is 7.99. The molecule has 0 aromatic heterocycles. The summed E-state index contributed by atoms with van der Waals surface area (Å²) < 4.78 is 11.2. The zero-order valence-corrected chi connectivity index (χ0v) is 20.6. The van der Waals surface area contributed by atoms with E-state index in [0.29, 0.717) is 23.7 Å². The van der Waals surface area contributed by atoms with Gasteiger partial charge in [0.2, 0.25) is 5.91 Å². The number of anilines is 1. The van der Waals surface area contributed by atoms with Crippen molar-refractivity contribution >= 4 is 24.0 Å². The molecule has 32 heavy (non-hydrogen) atoms. The first-order valence-electron chi connectivity index (χ1n) is 11.1. The number of carbonyl (C=O) groups is 1. The quantitative estimate of drug-likeness (QED) is 0.607. The van der Waals surface area contributed by atoms with Crippen molar-refractivity contribution in [1.29, 1.82) is 0 Å². The van der Waals surface area contributed by atoms with Gasteiger partial charge in [0, 0.05) is 12.6 Å². The molecule has 0 radical (unpaired) electrons. The largest absolute Gasteiger partial charge is 0.493 e. The maximum atomic E-state index is 12.9. The Balaban J connectivity index is 0.00000363. The highest BCUT2D eigenvalue weighted by molar-refractivity contribution is 5.95. The van der Waals surface area contributed by atoms with Crippen molar-refractivity contribution in [2.45, 2.75) is 32.7 Å². The number of halogens is 1. The molecule has 2 aromatic rings. The van der Waals surface area contributed by atoms with E-state index in [1.165, 1.54) is 11.1 Å². The number of carbonyl (C=O) groups excluding carboxylic acids is 1. The van der Waals surface area contributed by atoms with Gasteiger partial charge in [0.25, 0.3) is 0 Å². The minimum atomic E-state index is -0.0473. The number of nitrogens with one attached hydrogen (secondary N) is 1. The standard InChI is InChI=1S/C25H35N3O3.ClH/c1-6-28(7-2)17-23(29)26-24-19(12-13-22(30-4)25(24)31-5)16-21-20-11-9-8-10-18(20)14-15-27(21)3;/h8-13,21H,6-7,14-17H2,1-5H3,(H,26,29);1H. The predicted octanol–water partition coefficient (Wildman–Crippen LogP) is 4.18. The number of hydrogen-bond donors (Lipinski definition) is 1. The van der Waals surface area contributed by atoms with Crippen LogP contribution in [0.3, 0.4) is 0 Å². The Morgan fingerprint density at radius 1 is 1.12 bits per heavy atom. The number of amides is 1. The second-order valence-corrected chi connectivity index (χ2v) is 7.99. The molecule has 3 rings (SSSR count). The summed E-state index contributed by atoms with van der Waals surface area (Å²) in [7, 11) is 5.40. The molecule has 1 heterocycles. The lowest BCUT2D eigenvalue weighted by molar-refractivity contribution is -0.117. The first kappa shape index (κ1) is 26.0. The molecule has 7 heteroatoms. The van der Waals surface area contributed by atoms with Crippen LogP contribution < -0.4 is 14.8 Å². The maximum Gasteiger partial charge on any atom is 0.238 e. The highest BCUT2D eigenvalue weighted by Crippen LogP contribution is 2.41. The smallest absolute Gasteiger partial charge is 0.238 e. The Hall–Kier alpha value is -2.28. The Morgan fingerprint density at radius 2 is 1.84 bits per heavy atom. The van der Waals surface area contributed by atoms with Gasteiger partial charge >= 0.3 is 0 Å². The summed E-state index contributed by atoms with van der Waals surface area (Å²) in [5, 5.41) is 3.13. The predicted molar refractivity (Wildman–Crippen MR) is 132 cm³/mol. The number of methoxy groups -OCH3 is 2. The van der Waals surface area contributed by atoms with Crippen LogP contribution in [0.4, 0.5) is 5.69 Å². The molecule has 1 amide bonds. The van der Waals surface area contributed by atoms with Crippen LogP contribution in [0.1, 0.15) is 36.6 Å². The minimum Gasteiger partial charge on any atom is -0.493 e. The Morgan fingerprint density at radius 3 is 2.50 bits per heavy atom. The lowest BCUT2D eigenvalue weighted by Crippen LogP contribution is -2.34. The fourth-order valence-electron chi connectivity index (χ4n) is 4.36. The van der Waals surface area contributed by atoms with Crippen molar-refractivity contribution in [3.05, 3.63) is 53.1 Å². The number of ether oxygens (including phenoxy) is 2. The van der Waals surface area contributed by atoms with E-state index in [1.54, 1.807) is 14.2 Å². The van der Waals surface area contributed by atoms with Gasteiger partial charge < -0.3 is 14.8 Å². The van der Waals surface area contributed by atoms with Crippen LogP contribution >= 0.6 is 12.4 Å². The van der Waals surface area contributed by atoms with Crippen molar-refractivity contribution in [2.75, 3.05) is 52.8 Å². The lowest BCUT2D eigenvalue weighted by atomic mass is 9.88. The van der Waals surface area contributed by atoms with Crippen molar-refractivity contribution in [3.8, 4) is 11.5 Å². The number of fused-ring (bicyclic) bond motifs is 1. The Labute approximate surface area is 198 Å². The normalized spacial score (nSPS) is 15.6. The van der Waals surface area contributed by atoms with Crippen LogP contribution in [0.15, 0.2) is 36.4 Å². The average Bonchev–Trinajstić information content (AvgIpc) is 2.79. The van der Waals surface area contributed by atoms with Gasteiger partial charge in [0.05, 0.1) is 26.5 Å². The molecule has 0 saturated carbocycles. The van der Waals surface area contributed by atoms with Crippen LogP contribution in [-0.4, -0.2) is 63.2 Å². The summed E-state index contributed by atoms with van der Waals surface area (Å²) in [5.41, 5.74) is 4.50. The van der Waals surface area contributed by atoms with E-state index >= 15 is 0 Å². The molecule has 1 atom stereocenters. The molecule has 2 aromatic carbocycles. The molecular formula is C25H36ClN3O3. The van der Waals surface area contributed by atoms with Crippen molar-refractivity contribution in [2.24, 2.45) is 0 Å². The fraction of sp³-hybridized carbons (Fsp3) is 0.480. The molecule has 6 nitrogen and oxygen atoms in total. The Bertz CT molecular complexity index is 902. The van der Waals surface area contributed by atoms with E-state index in [4.69, 9.17) is 9.47 Å². The number of rotatable bonds is 9. The zero-order valence-electron chi connectivity index (χ0n) is 19.8. The topological polar surface area (TPSA) is 54.0 Å². The van der Waals surface area contributed by atoms with Crippen molar-refractivity contribution in [1.82, 2.24) is 9.80 Å². The third-order valence-electron chi connectivity index (χ3n) is 6.25. The number of hydrogen-bond acceptors (Lipinski definition) is 5. The first-order valence-corrected chi connectivity index (χ1v) is 11.1. The summed E-state index contributed by atoms with van der Waals surface area (Å²) in [6, 6.07) is 12.8. The zero-order chi connectivity index (χ0) is 22.4. The number of benzene rings is 2. The van der Waals surface area contributed by atoms with E-state index in [-0.39, 0.29) is 24.4 Å². The third-order valence-corrected chi connectivity index (χ3v) is 6.25. The summed E-state index contributed by atoms with van der Waals surface area (Å²) in [4.78, 5) is 17.3. The highest BCUT2D eigenvalue weighted by atomic mass is 35.5. The van der Waals surface area contributed by atoms with Crippen LogP contribution in [-0.2, 0) is 17.6 Å². The molecule has 0 aliphatic carbocycles. The molecular weight excluding hydrogens is 426 g/mol. The second kappa shape index (κ2) is 12.1. The average molecular weight is 462 g/mol. The summed E-state index contributed by atoms with van der Waals surface area (Å²) in [6.07, 6.45) is 1.83. The summed E-state index contributed by atoms with van der Waals surface area (Å²) in [5.74, 6) is 1.13. The van der Waals surface area contributed by atoms with Crippen LogP contribution in [0.5, 0.6) is 11.5 Å². The van der Waals surface area contributed by atoms with Crippen LogP contribution in [0, 0.1) is 0 Å². The first-order chi connectivity index (χ1) is 15.0. The molecule has 0 bridgehead atoms. The number of likely N-dealkylation sites (N-methyl/N-ethyl adjacent to an activating group) is 2. The monoisotopic (exact) mass is 461 g/mol. The minimum absolute atomic E-state index is 0. The van der Waals surface area contributed by atoms with Crippen LogP contribution in [0.25, 0.3) is 0 Å².